The van der Waals surface area contributed by atoms with Crippen LogP contribution in [0.25, 0.3) is 0 Å². The highest BCUT2D eigenvalue weighted by Crippen LogP contribution is 2.36. The first-order chi connectivity index (χ1) is 10.1. The lowest BCUT2D eigenvalue weighted by atomic mass is 9.76. The van der Waals surface area contributed by atoms with E-state index in [2.05, 4.69) is 57.4 Å². The van der Waals surface area contributed by atoms with Crippen molar-refractivity contribution in [1.29, 1.82) is 0 Å². The molecule has 1 aromatic heterocycles. The monoisotopic (exact) mass is 349 g/mol. The molecule has 21 heavy (non-hydrogen) atoms. The molecule has 0 bridgehead atoms. The Morgan fingerprint density at radius 1 is 1.43 bits per heavy atom. The second-order valence-corrected chi connectivity index (χ2v) is 6.98. The van der Waals surface area contributed by atoms with E-state index in [0.29, 0.717) is 12.3 Å². The fraction of sp³-hybridized carbons (Fsp3) is 0.500. The molecule has 1 unspecified atom stereocenters. The lowest BCUT2D eigenvalue weighted by Gasteiger charge is -2.28. The Bertz CT molecular complexity index is 617. The number of benzene rings is 1. The molecule has 112 valence electrons. The first-order valence-electron chi connectivity index (χ1n) is 7.38. The molecule has 1 atom stereocenters. The van der Waals surface area contributed by atoms with Gasteiger partial charge in [-0.1, -0.05) is 47.1 Å². The fourth-order valence-corrected chi connectivity index (χ4v) is 3.44. The van der Waals surface area contributed by atoms with Crippen LogP contribution < -0.4 is 5.32 Å². The van der Waals surface area contributed by atoms with Gasteiger partial charge in [0.25, 0.3) is 0 Å². The Labute approximate surface area is 133 Å². The Kier molecular flexibility index (Phi) is 4.13. The summed E-state index contributed by atoms with van der Waals surface area (Å²) in [6, 6.07) is 8.21. The van der Waals surface area contributed by atoms with Crippen LogP contribution >= 0.6 is 15.9 Å². The molecule has 0 aliphatic carbocycles. The predicted octanol–water partition coefficient (Wildman–Crippen LogP) is 3.31. The van der Waals surface area contributed by atoms with Crippen LogP contribution in [0.3, 0.4) is 0 Å². The predicted molar refractivity (Wildman–Crippen MR) is 85.2 cm³/mol. The fourth-order valence-electron chi connectivity index (χ4n) is 2.99. The van der Waals surface area contributed by atoms with Gasteiger partial charge >= 0.3 is 0 Å². The van der Waals surface area contributed by atoms with Crippen LogP contribution in [0.15, 0.2) is 33.3 Å². The molecule has 4 nitrogen and oxygen atoms in total. The molecule has 2 heterocycles. The van der Waals surface area contributed by atoms with Crippen molar-refractivity contribution in [2.45, 2.75) is 32.1 Å². The number of halogens is 1. The van der Waals surface area contributed by atoms with Crippen molar-refractivity contribution in [3.8, 4) is 0 Å². The molecular weight excluding hydrogens is 330 g/mol. The van der Waals surface area contributed by atoms with E-state index >= 15 is 0 Å². The zero-order valence-electron chi connectivity index (χ0n) is 12.4. The standard InChI is InChI=1S/C16H20BrN3O/c1-11(2)16(6-7-18-10-16)15-19-14(20-21-15)9-12-4-3-5-13(17)8-12/h3-5,8,11,18H,6-7,9-10H2,1-2H3. The van der Waals surface area contributed by atoms with E-state index in [9.17, 15) is 0 Å². The normalized spacial score (nSPS) is 22.1. The first-order valence-corrected chi connectivity index (χ1v) is 8.18. The van der Waals surface area contributed by atoms with Crippen molar-refractivity contribution in [3.63, 3.8) is 0 Å². The molecule has 5 heteroatoms. The van der Waals surface area contributed by atoms with Crippen molar-refractivity contribution >= 4 is 15.9 Å². The van der Waals surface area contributed by atoms with Gasteiger partial charge in [-0.2, -0.15) is 4.98 Å². The van der Waals surface area contributed by atoms with Crippen LogP contribution in [0.5, 0.6) is 0 Å². The highest BCUT2D eigenvalue weighted by atomic mass is 79.9. The van der Waals surface area contributed by atoms with Gasteiger partial charge in [0.15, 0.2) is 5.82 Å². The molecule has 1 aliphatic rings. The van der Waals surface area contributed by atoms with Crippen molar-refractivity contribution in [3.05, 3.63) is 46.0 Å². The van der Waals surface area contributed by atoms with E-state index in [4.69, 9.17) is 4.52 Å². The number of nitrogens with zero attached hydrogens (tertiary/aromatic N) is 2. The van der Waals surface area contributed by atoms with Crippen LogP contribution in [-0.2, 0) is 11.8 Å². The first kappa shape index (κ1) is 14.7. The summed E-state index contributed by atoms with van der Waals surface area (Å²) in [6.07, 6.45) is 1.76. The molecule has 0 saturated carbocycles. The van der Waals surface area contributed by atoms with E-state index in [1.54, 1.807) is 0 Å². The van der Waals surface area contributed by atoms with Gasteiger partial charge in [-0.3, -0.25) is 0 Å². The summed E-state index contributed by atoms with van der Waals surface area (Å²) in [5, 5.41) is 7.61. The number of rotatable bonds is 4. The highest BCUT2D eigenvalue weighted by molar-refractivity contribution is 9.10. The zero-order valence-corrected chi connectivity index (χ0v) is 14.0. The van der Waals surface area contributed by atoms with Crippen LogP contribution in [0.4, 0.5) is 0 Å². The van der Waals surface area contributed by atoms with Gasteiger partial charge in [0.05, 0.1) is 5.41 Å². The van der Waals surface area contributed by atoms with E-state index in [0.717, 1.165) is 35.7 Å². The molecule has 0 amide bonds. The minimum absolute atomic E-state index is 0.0114. The third kappa shape index (κ3) is 2.90. The lowest BCUT2D eigenvalue weighted by molar-refractivity contribution is 0.234. The number of nitrogens with one attached hydrogen (secondary N) is 1. The van der Waals surface area contributed by atoms with Gasteiger partial charge < -0.3 is 9.84 Å². The second kappa shape index (κ2) is 5.89. The minimum Gasteiger partial charge on any atom is -0.339 e. The molecule has 1 N–H and O–H groups in total. The summed E-state index contributed by atoms with van der Waals surface area (Å²) in [5.74, 6) is 2.02. The summed E-state index contributed by atoms with van der Waals surface area (Å²) in [5.41, 5.74) is 1.17. The van der Waals surface area contributed by atoms with Gasteiger partial charge in [-0.15, -0.1) is 0 Å². The van der Waals surface area contributed by atoms with Gasteiger partial charge in [-0.25, -0.2) is 0 Å². The van der Waals surface area contributed by atoms with Gasteiger partial charge in [0.1, 0.15) is 0 Å². The molecule has 0 spiro atoms. The SMILES string of the molecule is CC(C)C1(c2nc(Cc3cccc(Br)c3)no2)CCNC1. The smallest absolute Gasteiger partial charge is 0.234 e. The Hall–Kier alpha value is -1.20. The lowest BCUT2D eigenvalue weighted by Crippen LogP contribution is -2.35. The van der Waals surface area contributed by atoms with Crippen LogP contribution in [0.1, 0.15) is 37.5 Å². The molecule has 1 aliphatic heterocycles. The molecule has 1 fully saturated rings. The van der Waals surface area contributed by atoms with Crippen LogP contribution in [0, 0.1) is 5.92 Å². The maximum absolute atomic E-state index is 5.60. The van der Waals surface area contributed by atoms with Crippen molar-refractivity contribution in [2.24, 2.45) is 5.92 Å². The van der Waals surface area contributed by atoms with E-state index < -0.39 is 0 Å². The topological polar surface area (TPSA) is 51.0 Å². The van der Waals surface area contributed by atoms with E-state index in [1.807, 2.05) is 12.1 Å². The zero-order chi connectivity index (χ0) is 14.9. The Morgan fingerprint density at radius 3 is 2.95 bits per heavy atom. The van der Waals surface area contributed by atoms with E-state index in [1.165, 1.54) is 5.56 Å². The Balaban J connectivity index is 1.83. The average molecular weight is 350 g/mol. The average Bonchev–Trinajstić information content (AvgIpc) is 3.07. The molecule has 2 aromatic rings. The maximum Gasteiger partial charge on any atom is 0.234 e. The number of hydrogen-bond donors (Lipinski definition) is 1. The van der Waals surface area contributed by atoms with Crippen molar-refractivity contribution in [1.82, 2.24) is 15.5 Å². The molecule has 0 radical (unpaired) electrons. The highest BCUT2D eigenvalue weighted by Gasteiger charge is 2.43. The van der Waals surface area contributed by atoms with Crippen molar-refractivity contribution < 1.29 is 4.52 Å². The van der Waals surface area contributed by atoms with Crippen molar-refractivity contribution in [2.75, 3.05) is 13.1 Å². The van der Waals surface area contributed by atoms with Gasteiger partial charge in [0, 0.05) is 17.4 Å². The summed E-state index contributed by atoms with van der Waals surface area (Å²) < 4.78 is 6.67. The molecule has 1 aromatic carbocycles. The largest absolute Gasteiger partial charge is 0.339 e. The second-order valence-electron chi connectivity index (χ2n) is 6.06. The summed E-state index contributed by atoms with van der Waals surface area (Å²) in [7, 11) is 0. The molecular formula is C16H20BrN3O. The minimum atomic E-state index is -0.0114. The quantitative estimate of drug-likeness (QED) is 0.919. The number of hydrogen-bond acceptors (Lipinski definition) is 4. The third-order valence-electron chi connectivity index (χ3n) is 4.44. The number of aromatic nitrogens is 2. The molecule has 3 rings (SSSR count). The maximum atomic E-state index is 5.60. The summed E-state index contributed by atoms with van der Waals surface area (Å²) in [6.45, 7) is 6.39. The third-order valence-corrected chi connectivity index (χ3v) is 4.93. The molecule has 1 saturated heterocycles. The Morgan fingerprint density at radius 2 is 2.29 bits per heavy atom. The summed E-state index contributed by atoms with van der Waals surface area (Å²) >= 11 is 3.49. The van der Waals surface area contributed by atoms with Crippen LogP contribution in [-0.4, -0.2) is 23.2 Å². The van der Waals surface area contributed by atoms with Gasteiger partial charge in [-0.05, 0) is 36.6 Å². The van der Waals surface area contributed by atoms with Gasteiger partial charge in [0.2, 0.25) is 5.89 Å². The van der Waals surface area contributed by atoms with Crippen LogP contribution in [0.2, 0.25) is 0 Å². The van der Waals surface area contributed by atoms with E-state index in [-0.39, 0.29) is 5.41 Å². The summed E-state index contributed by atoms with van der Waals surface area (Å²) in [4.78, 5) is 4.68.